The highest BCUT2D eigenvalue weighted by atomic mass is 32.2. The normalized spacial score (nSPS) is 20.2. The third kappa shape index (κ3) is 4.58. The predicted octanol–water partition coefficient (Wildman–Crippen LogP) is 4.41. The molecule has 0 saturated carbocycles. The number of benzene rings is 4. The van der Waals surface area contributed by atoms with Crippen LogP contribution in [0, 0.1) is 16.0 Å². The number of nitrogens with zero attached hydrogens (tertiary/aromatic N) is 3. The molecule has 3 atom stereocenters. The molecule has 4 aromatic carbocycles. The molecule has 2 heterocycles. The van der Waals surface area contributed by atoms with Gasteiger partial charge in [0, 0.05) is 17.7 Å². The van der Waals surface area contributed by atoms with Gasteiger partial charge in [0.2, 0.25) is 5.91 Å². The summed E-state index contributed by atoms with van der Waals surface area (Å²) in [6.07, 6.45) is -1.23. The number of rotatable bonds is 7. The third-order valence-corrected chi connectivity index (χ3v) is 8.16. The minimum Gasteiger partial charge on any atom is -0.379 e. The van der Waals surface area contributed by atoms with Crippen molar-refractivity contribution in [3.8, 4) is 5.75 Å². The van der Waals surface area contributed by atoms with Gasteiger partial charge in [0.25, 0.3) is 11.6 Å². The Morgan fingerprint density at radius 2 is 1.37 bits per heavy atom. The van der Waals surface area contributed by atoms with Crippen molar-refractivity contribution in [1.29, 1.82) is 0 Å². The Morgan fingerprint density at radius 3 is 2.02 bits per heavy atom. The van der Waals surface area contributed by atoms with Gasteiger partial charge in [-0.3, -0.25) is 24.5 Å². The number of carbonyl (C=O) groups is 2. The fraction of sp³-hybridized carbons (Fsp3) is 0.103. The van der Waals surface area contributed by atoms with Crippen molar-refractivity contribution in [1.82, 2.24) is 0 Å². The summed E-state index contributed by atoms with van der Waals surface area (Å²) in [5.41, 5.74) is 0.818. The topological polar surface area (TPSA) is 136 Å². The molecule has 0 bridgehead atoms. The Kier molecular flexibility index (Phi) is 6.48. The smallest absolute Gasteiger partial charge is 0.339 e. The zero-order valence-electron chi connectivity index (χ0n) is 21.1. The Hall–Kier alpha value is -5.07. The summed E-state index contributed by atoms with van der Waals surface area (Å²) in [7, 11) is -4.24. The van der Waals surface area contributed by atoms with Crippen LogP contribution in [-0.2, 0) is 24.5 Å². The van der Waals surface area contributed by atoms with Gasteiger partial charge in [0.05, 0.1) is 22.3 Å². The SMILES string of the molecule is O=C1[C@H]2[C@@H](c3ccccc3OS(=O)(=O)c3ccccc3)N(c3ccccc3)O[C@H]2C(=O)N1c1ccc([N+](=O)[O-])cc1. The van der Waals surface area contributed by atoms with E-state index in [2.05, 4.69) is 0 Å². The molecule has 2 fully saturated rings. The van der Waals surface area contributed by atoms with Crippen LogP contribution in [0.15, 0.2) is 114 Å². The Balaban J connectivity index is 1.43. The minimum absolute atomic E-state index is 0.0273. The van der Waals surface area contributed by atoms with Crippen LogP contribution in [0.2, 0.25) is 0 Å². The molecule has 12 heteroatoms. The molecule has 206 valence electrons. The highest BCUT2D eigenvalue weighted by molar-refractivity contribution is 7.87. The molecule has 0 N–H and O–H groups in total. The number of hydrogen-bond donors (Lipinski definition) is 0. The van der Waals surface area contributed by atoms with Crippen molar-refractivity contribution in [2.45, 2.75) is 17.0 Å². The first-order chi connectivity index (χ1) is 19.8. The van der Waals surface area contributed by atoms with Crippen LogP contribution in [0.4, 0.5) is 17.1 Å². The summed E-state index contributed by atoms with van der Waals surface area (Å²) in [6.45, 7) is 0. The average molecular weight is 572 g/mol. The molecule has 0 spiro atoms. The van der Waals surface area contributed by atoms with Gasteiger partial charge in [-0.25, -0.2) is 9.96 Å². The van der Waals surface area contributed by atoms with Gasteiger partial charge < -0.3 is 4.18 Å². The maximum Gasteiger partial charge on any atom is 0.339 e. The minimum atomic E-state index is -4.24. The highest BCUT2D eigenvalue weighted by Gasteiger charge is 2.60. The second-order valence-corrected chi connectivity index (χ2v) is 10.9. The molecule has 0 aliphatic carbocycles. The van der Waals surface area contributed by atoms with Gasteiger partial charge in [0.15, 0.2) is 6.10 Å². The Labute approximate surface area is 234 Å². The lowest BCUT2D eigenvalue weighted by Gasteiger charge is -2.29. The summed E-state index contributed by atoms with van der Waals surface area (Å²) >= 11 is 0. The lowest BCUT2D eigenvalue weighted by Crippen LogP contribution is -2.37. The van der Waals surface area contributed by atoms with E-state index in [1.165, 1.54) is 47.5 Å². The van der Waals surface area contributed by atoms with Crippen molar-refractivity contribution < 1.29 is 32.0 Å². The predicted molar refractivity (Wildman–Crippen MR) is 146 cm³/mol. The fourth-order valence-electron chi connectivity index (χ4n) is 5.06. The molecule has 2 aliphatic heterocycles. The van der Waals surface area contributed by atoms with Crippen LogP contribution in [0.1, 0.15) is 11.6 Å². The van der Waals surface area contributed by atoms with Gasteiger partial charge in [-0.1, -0.05) is 54.6 Å². The van der Waals surface area contributed by atoms with E-state index in [9.17, 15) is 28.1 Å². The second-order valence-electron chi connectivity index (χ2n) is 9.33. The molecule has 0 aromatic heterocycles. The Bertz CT molecular complexity index is 1750. The third-order valence-electron chi connectivity index (χ3n) is 6.91. The number of hydroxylamine groups is 1. The highest BCUT2D eigenvalue weighted by Crippen LogP contribution is 2.49. The lowest BCUT2D eigenvalue weighted by atomic mass is 9.90. The van der Waals surface area contributed by atoms with Crippen LogP contribution in [-0.4, -0.2) is 31.3 Å². The molecule has 0 radical (unpaired) electrons. The van der Waals surface area contributed by atoms with E-state index >= 15 is 0 Å². The van der Waals surface area contributed by atoms with E-state index in [0.717, 1.165) is 4.90 Å². The number of imide groups is 1. The number of nitro groups is 1. The summed E-state index contributed by atoms with van der Waals surface area (Å²) in [6, 6.07) is 26.9. The standard InChI is InChI=1S/C29H21N3O8S/c33-28-25-26(23-13-7-8-14-24(23)40-41(37,38)22-11-5-2-6-12-22)31(20-9-3-1-4-10-20)39-27(25)29(34)30(28)19-15-17-21(18-16-19)32(35)36/h1-18,25-27H/t25-,26+,27+/m0/s1. The number of fused-ring (bicyclic) bond motifs is 1. The van der Waals surface area contributed by atoms with E-state index < -0.39 is 44.9 Å². The van der Waals surface area contributed by atoms with Gasteiger partial charge in [-0.05, 0) is 42.5 Å². The van der Waals surface area contributed by atoms with Crippen molar-refractivity contribution in [3.63, 3.8) is 0 Å². The molecule has 11 nitrogen and oxygen atoms in total. The van der Waals surface area contributed by atoms with Crippen molar-refractivity contribution >= 4 is 39.0 Å². The molecular formula is C29H21N3O8S. The maximum absolute atomic E-state index is 13.9. The summed E-state index contributed by atoms with van der Waals surface area (Å²) in [5.74, 6) is -2.35. The number of para-hydroxylation sites is 2. The molecule has 4 aromatic rings. The van der Waals surface area contributed by atoms with Crippen LogP contribution in [0.5, 0.6) is 5.75 Å². The van der Waals surface area contributed by atoms with Crippen molar-refractivity contribution in [2.75, 3.05) is 9.96 Å². The number of amides is 2. The second kappa shape index (κ2) is 10.2. The largest absolute Gasteiger partial charge is 0.379 e. The quantitative estimate of drug-likeness (QED) is 0.137. The van der Waals surface area contributed by atoms with Crippen LogP contribution < -0.4 is 14.1 Å². The number of non-ortho nitro benzene ring substituents is 1. The Morgan fingerprint density at radius 1 is 0.756 bits per heavy atom. The first kappa shape index (κ1) is 26.2. The number of nitro benzene ring substituents is 1. The lowest BCUT2D eigenvalue weighted by molar-refractivity contribution is -0.384. The number of carbonyl (C=O) groups excluding carboxylic acids is 2. The molecule has 2 aliphatic rings. The van der Waals surface area contributed by atoms with E-state index in [1.807, 2.05) is 0 Å². The molecule has 0 unspecified atom stereocenters. The average Bonchev–Trinajstić information content (AvgIpc) is 3.49. The summed E-state index contributed by atoms with van der Waals surface area (Å²) in [5, 5.41) is 12.5. The fourth-order valence-corrected chi connectivity index (χ4v) is 6.04. The van der Waals surface area contributed by atoms with E-state index in [4.69, 9.17) is 9.02 Å². The van der Waals surface area contributed by atoms with Crippen molar-refractivity contribution in [2.24, 2.45) is 5.92 Å². The van der Waals surface area contributed by atoms with Crippen LogP contribution >= 0.6 is 0 Å². The zero-order valence-corrected chi connectivity index (χ0v) is 22.0. The van der Waals surface area contributed by atoms with Gasteiger partial charge in [-0.2, -0.15) is 8.42 Å². The van der Waals surface area contributed by atoms with Crippen molar-refractivity contribution in [3.05, 3.63) is 125 Å². The summed E-state index contributed by atoms with van der Waals surface area (Å²) < 4.78 is 31.9. The van der Waals surface area contributed by atoms with Crippen LogP contribution in [0.3, 0.4) is 0 Å². The molecule has 41 heavy (non-hydrogen) atoms. The van der Waals surface area contributed by atoms with Gasteiger partial charge in [-0.15, -0.1) is 0 Å². The first-order valence-corrected chi connectivity index (χ1v) is 13.9. The maximum atomic E-state index is 13.9. The summed E-state index contributed by atoms with van der Waals surface area (Å²) in [4.78, 5) is 45.0. The molecule has 6 rings (SSSR count). The molecule has 2 saturated heterocycles. The monoisotopic (exact) mass is 571 g/mol. The van der Waals surface area contributed by atoms with Gasteiger partial charge >= 0.3 is 10.1 Å². The number of anilines is 2. The number of hydrogen-bond acceptors (Lipinski definition) is 9. The first-order valence-electron chi connectivity index (χ1n) is 12.5. The van der Waals surface area contributed by atoms with Crippen LogP contribution in [0.25, 0.3) is 0 Å². The molecule has 2 amide bonds. The molecular weight excluding hydrogens is 550 g/mol. The van der Waals surface area contributed by atoms with Gasteiger partial charge in [0.1, 0.15) is 16.6 Å². The zero-order chi connectivity index (χ0) is 28.7. The van der Waals surface area contributed by atoms with E-state index in [0.29, 0.717) is 11.3 Å². The van der Waals surface area contributed by atoms with E-state index in [-0.39, 0.29) is 22.0 Å². The van der Waals surface area contributed by atoms with E-state index in [1.54, 1.807) is 66.7 Å².